The predicted octanol–water partition coefficient (Wildman–Crippen LogP) is 2.68. The fourth-order valence-corrected chi connectivity index (χ4v) is 1.71. The van der Waals surface area contributed by atoms with E-state index in [1.165, 1.54) is 0 Å². The molecule has 17 heavy (non-hydrogen) atoms. The highest BCUT2D eigenvalue weighted by Gasteiger charge is 2.08. The molecule has 0 atom stereocenters. The Morgan fingerprint density at radius 3 is 2.41 bits per heavy atom. The Bertz CT molecular complexity index is 529. The summed E-state index contributed by atoms with van der Waals surface area (Å²) in [5.74, 6) is 0.0419. The Labute approximate surface area is 101 Å². The van der Waals surface area contributed by atoms with Crippen LogP contribution in [0.2, 0.25) is 0 Å². The van der Waals surface area contributed by atoms with Crippen LogP contribution in [0.3, 0.4) is 0 Å². The van der Waals surface area contributed by atoms with E-state index in [2.05, 4.69) is 0 Å². The maximum atomic E-state index is 12.2. The molecule has 0 radical (unpaired) electrons. The zero-order valence-corrected chi connectivity index (χ0v) is 9.81. The number of ketones is 1. The van der Waals surface area contributed by atoms with E-state index in [9.17, 15) is 4.79 Å². The van der Waals surface area contributed by atoms with Gasteiger partial charge in [-0.05, 0) is 18.6 Å². The first kappa shape index (κ1) is 11.6. The zero-order chi connectivity index (χ0) is 12.3. The summed E-state index contributed by atoms with van der Waals surface area (Å²) in [4.78, 5) is 12.2. The predicted molar refractivity (Wildman–Crippen MR) is 68.9 cm³/mol. The van der Waals surface area contributed by atoms with E-state index in [4.69, 9.17) is 5.73 Å². The Hall–Kier alpha value is -1.93. The molecule has 0 aliphatic rings. The molecule has 2 N–H and O–H groups in total. The summed E-state index contributed by atoms with van der Waals surface area (Å²) in [7, 11) is 0. The van der Waals surface area contributed by atoms with Crippen LogP contribution in [0.4, 0.5) is 0 Å². The molecule has 0 heterocycles. The Morgan fingerprint density at radius 1 is 1.06 bits per heavy atom. The lowest BCUT2D eigenvalue weighted by Gasteiger charge is -2.03. The van der Waals surface area contributed by atoms with Gasteiger partial charge in [-0.25, -0.2) is 0 Å². The minimum atomic E-state index is 0.0419. The molecule has 0 bridgehead atoms. The standard InChI is InChI=1S/C15H15NO/c1-11-5-7-13(8-6-11)15(17)14-4-2-3-12(9-14)10-16/h2-9H,10,16H2,1H3. The smallest absolute Gasteiger partial charge is 0.193 e. The van der Waals surface area contributed by atoms with Crippen molar-refractivity contribution in [1.82, 2.24) is 0 Å². The van der Waals surface area contributed by atoms with Crippen molar-refractivity contribution in [2.24, 2.45) is 5.73 Å². The van der Waals surface area contributed by atoms with Crippen LogP contribution in [0.5, 0.6) is 0 Å². The lowest BCUT2D eigenvalue weighted by Crippen LogP contribution is -2.03. The first-order valence-corrected chi connectivity index (χ1v) is 5.61. The molecule has 2 aromatic rings. The number of nitrogens with two attached hydrogens (primary N) is 1. The largest absolute Gasteiger partial charge is 0.326 e. The van der Waals surface area contributed by atoms with Gasteiger partial charge in [-0.2, -0.15) is 0 Å². The van der Waals surface area contributed by atoms with Gasteiger partial charge >= 0.3 is 0 Å². The third kappa shape index (κ3) is 2.60. The molecule has 2 aromatic carbocycles. The minimum Gasteiger partial charge on any atom is -0.326 e. The Morgan fingerprint density at radius 2 is 1.76 bits per heavy atom. The highest BCUT2D eigenvalue weighted by atomic mass is 16.1. The molecule has 0 saturated carbocycles. The second-order valence-corrected chi connectivity index (χ2v) is 4.10. The summed E-state index contributed by atoms with van der Waals surface area (Å²) in [6.45, 7) is 2.46. The number of carbonyl (C=O) groups is 1. The number of benzene rings is 2. The third-order valence-corrected chi connectivity index (χ3v) is 2.74. The van der Waals surface area contributed by atoms with Crippen LogP contribution in [0.1, 0.15) is 27.0 Å². The zero-order valence-electron chi connectivity index (χ0n) is 9.81. The second-order valence-electron chi connectivity index (χ2n) is 4.10. The van der Waals surface area contributed by atoms with Gasteiger partial charge < -0.3 is 5.73 Å². The molecule has 0 aliphatic carbocycles. The van der Waals surface area contributed by atoms with Crippen LogP contribution in [-0.2, 0) is 6.54 Å². The van der Waals surface area contributed by atoms with Crippen LogP contribution < -0.4 is 5.73 Å². The molecule has 2 heteroatoms. The number of carbonyl (C=O) groups excluding carboxylic acids is 1. The molecule has 2 rings (SSSR count). The van der Waals surface area contributed by atoms with Crippen LogP contribution in [0, 0.1) is 6.92 Å². The quantitative estimate of drug-likeness (QED) is 0.816. The lowest BCUT2D eigenvalue weighted by atomic mass is 10.0. The summed E-state index contributed by atoms with van der Waals surface area (Å²) in [5.41, 5.74) is 9.10. The molecular weight excluding hydrogens is 210 g/mol. The number of aryl methyl sites for hydroxylation is 1. The summed E-state index contributed by atoms with van der Waals surface area (Å²) >= 11 is 0. The van der Waals surface area contributed by atoms with E-state index in [0.29, 0.717) is 17.7 Å². The van der Waals surface area contributed by atoms with Gasteiger partial charge in [0.2, 0.25) is 0 Å². The monoisotopic (exact) mass is 225 g/mol. The van der Waals surface area contributed by atoms with E-state index in [0.717, 1.165) is 11.1 Å². The van der Waals surface area contributed by atoms with Crippen molar-refractivity contribution >= 4 is 5.78 Å². The topological polar surface area (TPSA) is 43.1 Å². The van der Waals surface area contributed by atoms with Gasteiger partial charge in [0.1, 0.15) is 0 Å². The third-order valence-electron chi connectivity index (χ3n) is 2.74. The summed E-state index contributed by atoms with van der Waals surface area (Å²) in [5, 5.41) is 0. The molecular formula is C15H15NO. The fourth-order valence-electron chi connectivity index (χ4n) is 1.71. The van der Waals surface area contributed by atoms with Crippen molar-refractivity contribution in [2.45, 2.75) is 13.5 Å². The van der Waals surface area contributed by atoms with Gasteiger partial charge in [-0.3, -0.25) is 4.79 Å². The maximum absolute atomic E-state index is 12.2. The van der Waals surface area contributed by atoms with Gasteiger partial charge in [0.15, 0.2) is 5.78 Å². The highest BCUT2D eigenvalue weighted by Crippen LogP contribution is 2.12. The normalized spacial score (nSPS) is 10.2. The van der Waals surface area contributed by atoms with E-state index in [1.54, 1.807) is 0 Å². The molecule has 2 nitrogen and oxygen atoms in total. The maximum Gasteiger partial charge on any atom is 0.193 e. The van der Waals surface area contributed by atoms with E-state index >= 15 is 0 Å². The summed E-state index contributed by atoms with van der Waals surface area (Å²) < 4.78 is 0. The van der Waals surface area contributed by atoms with Crippen LogP contribution in [0.25, 0.3) is 0 Å². The second kappa shape index (κ2) is 4.93. The van der Waals surface area contributed by atoms with Crippen LogP contribution >= 0.6 is 0 Å². The summed E-state index contributed by atoms with van der Waals surface area (Å²) in [6, 6.07) is 15.1. The van der Waals surface area contributed by atoms with Crippen LogP contribution in [-0.4, -0.2) is 5.78 Å². The molecule has 0 amide bonds. The average Bonchev–Trinajstić information content (AvgIpc) is 2.39. The van der Waals surface area contributed by atoms with Gasteiger partial charge in [0, 0.05) is 17.7 Å². The first-order chi connectivity index (χ1) is 8.20. The van der Waals surface area contributed by atoms with Crippen molar-refractivity contribution in [3.05, 3.63) is 70.8 Å². The van der Waals surface area contributed by atoms with E-state index in [1.807, 2.05) is 55.5 Å². The van der Waals surface area contributed by atoms with Crippen molar-refractivity contribution < 1.29 is 4.79 Å². The van der Waals surface area contributed by atoms with E-state index in [-0.39, 0.29) is 5.78 Å². The molecule has 0 spiro atoms. The van der Waals surface area contributed by atoms with Crippen molar-refractivity contribution in [3.63, 3.8) is 0 Å². The van der Waals surface area contributed by atoms with Crippen molar-refractivity contribution in [3.8, 4) is 0 Å². The number of hydrogen-bond acceptors (Lipinski definition) is 2. The molecule has 0 aromatic heterocycles. The molecule has 0 fully saturated rings. The van der Waals surface area contributed by atoms with Gasteiger partial charge in [0.05, 0.1) is 0 Å². The van der Waals surface area contributed by atoms with Crippen molar-refractivity contribution in [2.75, 3.05) is 0 Å². The minimum absolute atomic E-state index is 0.0419. The Kier molecular flexibility index (Phi) is 3.35. The van der Waals surface area contributed by atoms with Gasteiger partial charge in [0.25, 0.3) is 0 Å². The van der Waals surface area contributed by atoms with Gasteiger partial charge in [-0.15, -0.1) is 0 Å². The Balaban J connectivity index is 2.33. The van der Waals surface area contributed by atoms with E-state index < -0.39 is 0 Å². The first-order valence-electron chi connectivity index (χ1n) is 5.61. The van der Waals surface area contributed by atoms with Crippen molar-refractivity contribution in [1.29, 1.82) is 0 Å². The fraction of sp³-hybridized carbons (Fsp3) is 0.133. The average molecular weight is 225 g/mol. The highest BCUT2D eigenvalue weighted by molar-refractivity contribution is 6.09. The molecule has 0 aliphatic heterocycles. The van der Waals surface area contributed by atoms with Crippen LogP contribution in [0.15, 0.2) is 48.5 Å². The van der Waals surface area contributed by atoms with Gasteiger partial charge in [-0.1, -0.05) is 48.0 Å². The molecule has 0 saturated heterocycles. The number of hydrogen-bond donors (Lipinski definition) is 1. The number of rotatable bonds is 3. The SMILES string of the molecule is Cc1ccc(C(=O)c2cccc(CN)c2)cc1. The summed E-state index contributed by atoms with van der Waals surface area (Å²) in [6.07, 6.45) is 0. The molecule has 86 valence electrons. The lowest BCUT2D eigenvalue weighted by molar-refractivity contribution is 0.103. The molecule has 0 unspecified atom stereocenters.